The zero-order valence-electron chi connectivity index (χ0n) is 21.0. The van der Waals surface area contributed by atoms with Gasteiger partial charge >= 0.3 is 0 Å². The molecule has 1 N–H and O–H groups in total. The molecule has 0 amide bonds. The minimum atomic E-state index is 0.564. The molecule has 0 fully saturated rings. The van der Waals surface area contributed by atoms with Crippen LogP contribution in [0.25, 0.3) is 12.2 Å². The predicted octanol–water partition coefficient (Wildman–Crippen LogP) is 4.10. The lowest BCUT2D eigenvalue weighted by atomic mass is 10.1. The second kappa shape index (κ2) is 7.94. The van der Waals surface area contributed by atoms with Crippen LogP contribution in [0.15, 0.2) is 114 Å². The number of nitrogens with zero attached hydrogens (tertiary/aromatic N) is 7. The average molecular weight is 515 g/mol. The van der Waals surface area contributed by atoms with Gasteiger partial charge in [0.05, 0.1) is 0 Å². The predicted molar refractivity (Wildman–Crippen MR) is 158 cm³/mol. The molecule has 1 aromatic heterocycles. The van der Waals surface area contributed by atoms with E-state index in [1.54, 1.807) is 0 Å². The number of hydrogen-bond acceptors (Lipinski definition) is 7. The molecule has 3 aromatic carbocycles. The Morgan fingerprint density at radius 3 is 1.32 bits per heavy atom. The third kappa shape index (κ3) is 3.04. The van der Waals surface area contributed by atoms with Gasteiger partial charge in [0.2, 0.25) is 0 Å². The van der Waals surface area contributed by atoms with Crippen LogP contribution in [0.3, 0.4) is 0 Å². The molecule has 9 rings (SSSR count). The number of nitrogens with one attached hydrogen (secondary N) is 1. The van der Waals surface area contributed by atoms with Gasteiger partial charge in [-0.1, -0.05) is 91.0 Å². The number of rotatable bonds is 0. The van der Waals surface area contributed by atoms with Gasteiger partial charge in [-0.15, -0.1) is 0 Å². The molecule has 8 heteroatoms. The summed E-state index contributed by atoms with van der Waals surface area (Å²) >= 11 is 0. The standard InChI is InChI=1S/C32H18N8/c1-2-10-18-17(9-1)25-33-26(18)38-28-21-13-5-6-14-22(21)30(35-28)40-32-24-16-8-7-15-23(24)31(36-32)39-29-20-12-4-3-11-19(20)27(34-29)37-25/h1-7,9-16H,8H2,(H,33,34,35,36,37,38,39,40). The number of amidine groups is 6. The first-order chi connectivity index (χ1) is 19.8. The molecule has 4 aliphatic heterocycles. The Kier molecular flexibility index (Phi) is 4.23. The third-order valence-corrected chi connectivity index (χ3v) is 7.50. The molecule has 5 aliphatic rings. The van der Waals surface area contributed by atoms with Crippen LogP contribution in [0.2, 0.25) is 0 Å². The zero-order chi connectivity index (χ0) is 26.2. The fourth-order valence-electron chi connectivity index (χ4n) is 5.63. The third-order valence-electron chi connectivity index (χ3n) is 7.50. The van der Waals surface area contributed by atoms with Crippen molar-refractivity contribution in [2.24, 2.45) is 34.9 Å². The number of benzene rings is 3. The summed E-state index contributed by atoms with van der Waals surface area (Å²) < 4.78 is 0. The first-order valence-electron chi connectivity index (χ1n) is 13.1. The van der Waals surface area contributed by atoms with Crippen LogP contribution < -0.4 is 10.7 Å². The lowest BCUT2D eigenvalue weighted by molar-refractivity contribution is 1.18. The Balaban J connectivity index is 1.39. The summed E-state index contributed by atoms with van der Waals surface area (Å²) in [6.07, 6.45) is 7.19. The van der Waals surface area contributed by atoms with Crippen molar-refractivity contribution < 1.29 is 0 Å². The summed E-state index contributed by atoms with van der Waals surface area (Å²) in [5.41, 5.74) is 7.17. The number of fused-ring (bicyclic) bond motifs is 17. The number of hydrogen-bond donors (Lipinski definition) is 1. The van der Waals surface area contributed by atoms with Gasteiger partial charge in [0.15, 0.2) is 35.0 Å². The van der Waals surface area contributed by atoms with E-state index in [0.29, 0.717) is 46.3 Å². The van der Waals surface area contributed by atoms with Gasteiger partial charge in [0.1, 0.15) is 11.3 Å². The lowest BCUT2D eigenvalue weighted by Crippen LogP contribution is -2.26. The first kappa shape index (κ1) is 21.3. The number of aromatic amines is 1. The molecule has 0 spiro atoms. The summed E-state index contributed by atoms with van der Waals surface area (Å²) in [5, 5.41) is 1.00. The van der Waals surface area contributed by atoms with Crippen molar-refractivity contribution >= 4 is 53.0 Å². The highest BCUT2D eigenvalue weighted by Crippen LogP contribution is 2.28. The average Bonchev–Trinajstić information content (AvgIpc) is 3.73. The topological polar surface area (TPSA) is 102 Å². The second-order valence-electron chi connectivity index (χ2n) is 9.85. The van der Waals surface area contributed by atoms with Gasteiger partial charge < -0.3 is 4.98 Å². The molecule has 186 valence electrons. The molecule has 0 saturated carbocycles. The van der Waals surface area contributed by atoms with Crippen LogP contribution in [0.1, 0.15) is 45.4 Å². The lowest BCUT2D eigenvalue weighted by Gasteiger charge is -2.01. The number of aromatic nitrogens is 1. The summed E-state index contributed by atoms with van der Waals surface area (Å²) in [6.45, 7) is 0. The van der Waals surface area contributed by atoms with Gasteiger partial charge in [-0.2, -0.15) is 0 Å². The van der Waals surface area contributed by atoms with Crippen LogP contribution in [0, 0.1) is 0 Å². The quantitative estimate of drug-likeness (QED) is 0.365. The molecule has 8 bridgehead atoms. The van der Waals surface area contributed by atoms with Crippen LogP contribution >= 0.6 is 0 Å². The van der Waals surface area contributed by atoms with Gasteiger partial charge in [0.25, 0.3) is 0 Å². The molecule has 0 saturated heterocycles. The Morgan fingerprint density at radius 2 is 0.875 bits per heavy atom. The molecule has 0 radical (unpaired) electrons. The van der Waals surface area contributed by atoms with Crippen molar-refractivity contribution in [3.63, 3.8) is 0 Å². The van der Waals surface area contributed by atoms with Gasteiger partial charge in [0, 0.05) is 44.2 Å². The highest BCUT2D eigenvalue weighted by atomic mass is 15.1. The smallest absolute Gasteiger partial charge is 0.164 e. The van der Waals surface area contributed by atoms with Gasteiger partial charge in [-0.3, -0.25) is 0 Å². The molecule has 4 aromatic rings. The van der Waals surface area contributed by atoms with Gasteiger partial charge in [-0.05, 0) is 6.42 Å². The van der Waals surface area contributed by atoms with E-state index in [-0.39, 0.29) is 0 Å². The fraction of sp³-hybridized carbons (Fsp3) is 0.0312. The Morgan fingerprint density at radius 1 is 0.475 bits per heavy atom. The van der Waals surface area contributed by atoms with E-state index in [4.69, 9.17) is 34.9 Å². The molecule has 40 heavy (non-hydrogen) atoms. The summed E-state index contributed by atoms with van der Waals surface area (Å²) in [6, 6.07) is 24.0. The largest absolute Gasteiger partial charge is 0.324 e. The maximum atomic E-state index is 5.02. The summed E-state index contributed by atoms with van der Waals surface area (Å²) in [7, 11) is 0. The second-order valence-corrected chi connectivity index (χ2v) is 9.85. The Bertz CT molecular complexity index is 2180. The molecule has 0 atom stereocenters. The molecule has 5 heterocycles. The maximum absolute atomic E-state index is 5.02. The van der Waals surface area contributed by atoms with Crippen molar-refractivity contribution in [3.8, 4) is 0 Å². The number of aliphatic imine (C=N–C) groups is 6. The highest BCUT2D eigenvalue weighted by molar-refractivity contribution is 6.32. The molecule has 1 aliphatic carbocycles. The normalized spacial score (nSPS) is 17.1. The first-order valence-corrected chi connectivity index (χ1v) is 13.1. The SMILES string of the molecule is C1=Cc2c3[nH]c(c2=CC1)=NC1=NC(=NC2=NC(=NC4=NC(=N3)c3ccccc34)c3ccccc32)c2ccccc21. The minimum Gasteiger partial charge on any atom is -0.324 e. The van der Waals surface area contributed by atoms with Crippen LogP contribution in [0.4, 0.5) is 5.82 Å². The van der Waals surface area contributed by atoms with Crippen molar-refractivity contribution in [1.29, 1.82) is 0 Å². The van der Waals surface area contributed by atoms with E-state index >= 15 is 0 Å². The summed E-state index contributed by atoms with van der Waals surface area (Å²) in [4.78, 5) is 38.1. The molecular formula is C32H18N8. The van der Waals surface area contributed by atoms with Gasteiger partial charge in [-0.25, -0.2) is 34.9 Å². The van der Waals surface area contributed by atoms with E-state index in [2.05, 4.69) is 23.2 Å². The summed E-state index contributed by atoms with van der Waals surface area (Å²) in [5.74, 6) is 4.16. The van der Waals surface area contributed by atoms with E-state index in [1.807, 2.05) is 72.8 Å². The zero-order valence-corrected chi connectivity index (χ0v) is 21.0. The van der Waals surface area contributed by atoms with E-state index < -0.39 is 0 Å². The van der Waals surface area contributed by atoms with Crippen molar-refractivity contribution in [3.05, 3.63) is 129 Å². The monoisotopic (exact) mass is 514 g/mol. The molecule has 0 unspecified atom stereocenters. The number of H-pyrrole nitrogens is 1. The fourth-order valence-corrected chi connectivity index (χ4v) is 5.63. The van der Waals surface area contributed by atoms with E-state index in [0.717, 1.165) is 50.6 Å². The number of allylic oxidation sites excluding steroid dienone is 1. The highest BCUT2D eigenvalue weighted by Gasteiger charge is 2.28. The van der Waals surface area contributed by atoms with Crippen molar-refractivity contribution in [2.45, 2.75) is 6.42 Å². The van der Waals surface area contributed by atoms with E-state index in [9.17, 15) is 0 Å². The van der Waals surface area contributed by atoms with E-state index in [1.165, 1.54) is 0 Å². The minimum absolute atomic E-state index is 0.564. The Labute approximate surface area is 227 Å². The van der Waals surface area contributed by atoms with Crippen molar-refractivity contribution in [1.82, 2.24) is 4.98 Å². The van der Waals surface area contributed by atoms with Crippen LogP contribution in [-0.4, -0.2) is 40.0 Å². The maximum Gasteiger partial charge on any atom is 0.164 e. The molecule has 8 nitrogen and oxygen atoms in total. The van der Waals surface area contributed by atoms with Crippen molar-refractivity contribution in [2.75, 3.05) is 0 Å². The van der Waals surface area contributed by atoms with Crippen LogP contribution in [-0.2, 0) is 0 Å². The molecular weight excluding hydrogens is 496 g/mol. The van der Waals surface area contributed by atoms with Crippen LogP contribution in [0.5, 0.6) is 0 Å². The Hall–Kier alpha value is -5.63.